The Hall–Kier alpha value is -2.08. The van der Waals surface area contributed by atoms with Crippen molar-refractivity contribution in [1.82, 2.24) is 15.1 Å². The van der Waals surface area contributed by atoms with E-state index in [0.717, 1.165) is 38.9 Å². The van der Waals surface area contributed by atoms with Crippen LogP contribution in [0.2, 0.25) is 0 Å². The predicted molar refractivity (Wildman–Crippen MR) is 104 cm³/mol. The molecule has 1 atom stereocenters. The summed E-state index contributed by atoms with van der Waals surface area (Å²) in [5, 5.41) is 3.22. The Balaban J connectivity index is 1.42. The van der Waals surface area contributed by atoms with E-state index in [9.17, 15) is 9.59 Å². The van der Waals surface area contributed by atoms with Crippen LogP contribution in [-0.2, 0) is 9.59 Å². The summed E-state index contributed by atoms with van der Waals surface area (Å²) < 4.78 is 5.55. The minimum absolute atomic E-state index is 0.00295. The first-order chi connectivity index (χ1) is 13.2. The van der Waals surface area contributed by atoms with Gasteiger partial charge in [0.2, 0.25) is 5.91 Å². The van der Waals surface area contributed by atoms with Crippen molar-refractivity contribution in [3.05, 3.63) is 30.3 Å². The van der Waals surface area contributed by atoms with E-state index in [2.05, 4.69) is 5.32 Å². The van der Waals surface area contributed by atoms with E-state index in [1.807, 2.05) is 47.2 Å². The third-order valence-corrected chi connectivity index (χ3v) is 5.63. The molecule has 0 aromatic heterocycles. The second kappa shape index (κ2) is 9.74. The van der Waals surface area contributed by atoms with Gasteiger partial charge in [-0.1, -0.05) is 18.2 Å². The fraction of sp³-hybridized carbons (Fsp3) is 0.619. The maximum absolute atomic E-state index is 12.9. The van der Waals surface area contributed by atoms with E-state index < -0.39 is 0 Å². The van der Waals surface area contributed by atoms with Crippen molar-refractivity contribution in [2.24, 2.45) is 11.8 Å². The van der Waals surface area contributed by atoms with Crippen LogP contribution in [0.1, 0.15) is 25.7 Å². The second-order valence-corrected chi connectivity index (χ2v) is 7.61. The number of nitrogens with zero attached hydrogens (tertiary/aromatic N) is 2. The SMILES string of the molecule is CNCC1CCCN(C(=O)C2CCN(C(=O)COc3ccccc3)CC2)C1. The zero-order valence-electron chi connectivity index (χ0n) is 16.2. The van der Waals surface area contributed by atoms with Crippen LogP contribution in [0, 0.1) is 11.8 Å². The lowest BCUT2D eigenvalue weighted by Crippen LogP contribution is -2.48. The monoisotopic (exact) mass is 373 g/mol. The molecule has 0 saturated carbocycles. The molecule has 6 heteroatoms. The number of amides is 2. The number of likely N-dealkylation sites (tertiary alicyclic amines) is 2. The minimum atomic E-state index is -0.00295. The number of para-hydroxylation sites is 1. The summed E-state index contributed by atoms with van der Waals surface area (Å²) in [5.41, 5.74) is 0. The largest absolute Gasteiger partial charge is 0.484 e. The number of ether oxygens (including phenoxy) is 1. The molecule has 1 aromatic rings. The zero-order chi connectivity index (χ0) is 19.1. The Morgan fingerprint density at radius 3 is 2.52 bits per heavy atom. The molecule has 1 aromatic carbocycles. The molecule has 0 radical (unpaired) electrons. The molecular formula is C21H31N3O3. The lowest BCUT2D eigenvalue weighted by atomic mass is 9.92. The molecular weight excluding hydrogens is 342 g/mol. The van der Waals surface area contributed by atoms with Crippen molar-refractivity contribution >= 4 is 11.8 Å². The molecule has 2 saturated heterocycles. The number of hydrogen-bond donors (Lipinski definition) is 1. The van der Waals surface area contributed by atoms with Crippen LogP contribution < -0.4 is 10.1 Å². The van der Waals surface area contributed by atoms with E-state index in [1.54, 1.807) is 0 Å². The van der Waals surface area contributed by atoms with E-state index in [1.165, 1.54) is 6.42 Å². The third-order valence-electron chi connectivity index (χ3n) is 5.63. The van der Waals surface area contributed by atoms with Gasteiger partial charge in [0, 0.05) is 32.1 Å². The van der Waals surface area contributed by atoms with Crippen LogP contribution in [0.4, 0.5) is 0 Å². The number of hydrogen-bond acceptors (Lipinski definition) is 4. The number of carbonyl (C=O) groups excluding carboxylic acids is 2. The smallest absolute Gasteiger partial charge is 0.260 e. The summed E-state index contributed by atoms with van der Waals surface area (Å²) in [4.78, 5) is 29.1. The average molecular weight is 373 g/mol. The van der Waals surface area contributed by atoms with E-state index >= 15 is 0 Å². The Morgan fingerprint density at radius 2 is 1.81 bits per heavy atom. The van der Waals surface area contributed by atoms with Gasteiger partial charge < -0.3 is 19.9 Å². The van der Waals surface area contributed by atoms with Gasteiger partial charge in [0.05, 0.1) is 0 Å². The maximum atomic E-state index is 12.9. The van der Waals surface area contributed by atoms with E-state index in [4.69, 9.17) is 4.74 Å². The highest BCUT2D eigenvalue weighted by molar-refractivity contribution is 5.80. The second-order valence-electron chi connectivity index (χ2n) is 7.61. The summed E-state index contributed by atoms with van der Waals surface area (Å²) in [7, 11) is 1.97. The Labute approximate surface area is 161 Å². The van der Waals surface area contributed by atoms with Crippen molar-refractivity contribution in [2.45, 2.75) is 25.7 Å². The Kier molecular flexibility index (Phi) is 7.10. The standard InChI is InChI=1S/C21H31N3O3/c1-22-14-17-6-5-11-24(15-17)21(26)18-9-12-23(13-10-18)20(25)16-27-19-7-3-2-4-8-19/h2-4,7-8,17-18,22H,5-6,9-16H2,1H3. The summed E-state index contributed by atoms with van der Waals surface area (Å²) >= 11 is 0. The molecule has 148 valence electrons. The van der Waals surface area contributed by atoms with Gasteiger partial charge in [-0.2, -0.15) is 0 Å². The number of rotatable bonds is 6. The molecule has 2 aliphatic rings. The minimum Gasteiger partial charge on any atom is -0.484 e. The summed E-state index contributed by atoms with van der Waals surface area (Å²) in [6.45, 7) is 4.05. The lowest BCUT2D eigenvalue weighted by molar-refractivity contribution is -0.142. The molecule has 2 heterocycles. The van der Waals surface area contributed by atoms with Gasteiger partial charge in [0.25, 0.3) is 5.91 Å². The fourth-order valence-electron chi connectivity index (χ4n) is 4.11. The normalized spacial score (nSPS) is 21.1. The number of piperidine rings is 2. The van der Waals surface area contributed by atoms with Crippen LogP contribution in [0.25, 0.3) is 0 Å². The maximum Gasteiger partial charge on any atom is 0.260 e. The first-order valence-electron chi connectivity index (χ1n) is 10.1. The molecule has 2 aliphatic heterocycles. The van der Waals surface area contributed by atoms with Crippen molar-refractivity contribution < 1.29 is 14.3 Å². The van der Waals surface area contributed by atoms with Crippen molar-refractivity contribution in [3.8, 4) is 5.75 Å². The summed E-state index contributed by atoms with van der Waals surface area (Å²) in [6.07, 6.45) is 3.79. The van der Waals surface area contributed by atoms with Gasteiger partial charge in [0.15, 0.2) is 6.61 Å². The van der Waals surface area contributed by atoms with Crippen LogP contribution >= 0.6 is 0 Å². The molecule has 3 rings (SSSR count). The first-order valence-corrected chi connectivity index (χ1v) is 10.1. The molecule has 1 unspecified atom stereocenters. The third kappa shape index (κ3) is 5.45. The molecule has 6 nitrogen and oxygen atoms in total. The van der Waals surface area contributed by atoms with E-state index in [0.29, 0.717) is 24.8 Å². The van der Waals surface area contributed by atoms with Gasteiger partial charge in [-0.3, -0.25) is 9.59 Å². The highest BCUT2D eigenvalue weighted by atomic mass is 16.5. The van der Waals surface area contributed by atoms with Gasteiger partial charge in [-0.25, -0.2) is 0 Å². The van der Waals surface area contributed by atoms with Crippen molar-refractivity contribution in [2.75, 3.05) is 46.4 Å². The van der Waals surface area contributed by atoms with Crippen LogP contribution in [-0.4, -0.2) is 68.0 Å². The number of nitrogens with one attached hydrogen (secondary N) is 1. The van der Waals surface area contributed by atoms with Crippen LogP contribution in [0.15, 0.2) is 30.3 Å². The first kappa shape index (κ1) is 19.7. The van der Waals surface area contributed by atoms with Gasteiger partial charge >= 0.3 is 0 Å². The number of benzene rings is 1. The van der Waals surface area contributed by atoms with Crippen LogP contribution in [0.3, 0.4) is 0 Å². The van der Waals surface area contributed by atoms with Crippen molar-refractivity contribution in [3.63, 3.8) is 0 Å². The molecule has 27 heavy (non-hydrogen) atoms. The molecule has 0 bridgehead atoms. The Bertz CT molecular complexity index is 612. The number of carbonyl (C=O) groups is 2. The predicted octanol–water partition coefficient (Wildman–Crippen LogP) is 1.76. The van der Waals surface area contributed by atoms with Gasteiger partial charge in [0.1, 0.15) is 5.75 Å². The fourth-order valence-corrected chi connectivity index (χ4v) is 4.11. The zero-order valence-corrected chi connectivity index (χ0v) is 16.2. The molecule has 2 amide bonds. The average Bonchev–Trinajstić information content (AvgIpc) is 2.73. The van der Waals surface area contributed by atoms with Gasteiger partial charge in [-0.15, -0.1) is 0 Å². The topological polar surface area (TPSA) is 61.9 Å². The highest BCUT2D eigenvalue weighted by Gasteiger charge is 2.32. The van der Waals surface area contributed by atoms with Gasteiger partial charge in [-0.05, 0) is 57.3 Å². The quantitative estimate of drug-likeness (QED) is 0.825. The van der Waals surface area contributed by atoms with E-state index in [-0.39, 0.29) is 24.3 Å². The molecule has 2 fully saturated rings. The summed E-state index contributed by atoms with van der Waals surface area (Å²) in [5.74, 6) is 1.60. The Morgan fingerprint density at radius 1 is 1.07 bits per heavy atom. The summed E-state index contributed by atoms with van der Waals surface area (Å²) in [6, 6.07) is 9.38. The molecule has 0 spiro atoms. The molecule has 1 N–H and O–H groups in total. The van der Waals surface area contributed by atoms with Crippen molar-refractivity contribution in [1.29, 1.82) is 0 Å². The molecule has 0 aliphatic carbocycles. The van der Waals surface area contributed by atoms with Crippen LogP contribution in [0.5, 0.6) is 5.75 Å². The highest BCUT2D eigenvalue weighted by Crippen LogP contribution is 2.24. The lowest BCUT2D eigenvalue weighted by Gasteiger charge is -2.37.